The second-order valence-corrected chi connectivity index (χ2v) is 4.16. The molecular formula is C11H8N6O3. The maximum atomic E-state index is 11.9. The van der Waals surface area contributed by atoms with Crippen molar-refractivity contribution in [3.05, 3.63) is 45.6 Å². The van der Waals surface area contributed by atoms with Gasteiger partial charge in [0.05, 0.1) is 18.1 Å². The molecule has 100 valence electrons. The fraction of sp³-hybridized carbons (Fsp3) is 0.0909. The zero-order chi connectivity index (χ0) is 14.3. The molecule has 0 spiro atoms. The van der Waals surface area contributed by atoms with E-state index in [4.69, 9.17) is 0 Å². The highest BCUT2D eigenvalue weighted by molar-refractivity contribution is 5.94. The standard InChI is InChI=1S/C11H8N6O3/c1-16-4-6(3-12-16)8-5-17-9(11(19)13-8)2-7(14-17)10(18)15-20/h2-5H,1H3,(H,13,19). The molecular weight excluding hydrogens is 264 g/mol. The van der Waals surface area contributed by atoms with E-state index in [-0.39, 0.29) is 11.2 Å². The highest BCUT2D eigenvalue weighted by atomic mass is 16.3. The average Bonchev–Trinajstić information content (AvgIpc) is 3.04. The number of fused-ring (bicyclic) bond motifs is 1. The molecule has 0 bridgehead atoms. The lowest BCUT2D eigenvalue weighted by Crippen LogP contribution is -2.10. The van der Waals surface area contributed by atoms with Crippen molar-refractivity contribution in [2.75, 3.05) is 0 Å². The summed E-state index contributed by atoms with van der Waals surface area (Å²) < 4.78 is 2.83. The molecule has 9 nitrogen and oxygen atoms in total. The molecule has 0 aliphatic rings. The summed E-state index contributed by atoms with van der Waals surface area (Å²) in [6.07, 6.45) is 4.84. The molecule has 3 aromatic rings. The number of nitrogens with zero attached hydrogens (tertiary/aromatic N) is 5. The molecule has 0 atom stereocenters. The van der Waals surface area contributed by atoms with E-state index in [0.717, 1.165) is 0 Å². The normalized spacial score (nSPS) is 10.8. The van der Waals surface area contributed by atoms with Gasteiger partial charge in [-0.05, 0) is 0 Å². The van der Waals surface area contributed by atoms with Gasteiger partial charge in [0, 0.05) is 30.1 Å². The minimum absolute atomic E-state index is 0.157. The first-order valence-corrected chi connectivity index (χ1v) is 5.58. The third-order valence-corrected chi connectivity index (χ3v) is 2.79. The SMILES string of the molecule is Cn1cc(-c2cn3nc(C(=O)N=O)cc3c(=O)[nH]2)cn1. The van der Waals surface area contributed by atoms with Crippen molar-refractivity contribution in [2.45, 2.75) is 0 Å². The van der Waals surface area contributed by atoms with Crippen LogP contribution in [0.15, 0.2) is 34.6 Å². The van der Waals surface area contributed by atoms with Crippen LogP contribution >= 0.6 is 0 Å². The van der Waals surface area contributed by atoms with Crippen molar-refractivity contribution in [1.29, 1.82) is 0 Å². The Morgan fingerprint density at radius 1 is 1.40 bits per heavy atom. The van der Waals surface area contributed by atoms with Gasteiger partial charge in [-0.25, -0.2) is 4.52 Å². The second kappa shape index (κ2) is 4.23. The number of hydrogen-bond acceptors (Lipinski definition) is 5. The Kier molecular flexibility index (Phi) is 2.53. The molecule has 3 aromatic heterocycles. The minimum atomic E-state index is -1.02. The van der Waals surface area contributed by atoms with Crippen molar-refractivity contribution >= 4 is 11.4 Å². The molecule has 9 heteroatoms. The van der Waals surface area contributed by atoms with Gasteiger partial charge in [-0.2, -0.15) is 10.2 Å². The summed E-state index contributed by atoms with van der Waals surface area (Å²) in [6, 6.07) is 1.22. The van der Waals surface area contributed by atoms with Crippen LogP contribution < -0.4 is 5.56 Å². The number of hydrogen-bond donors (Lipinski definition) is 1. The third kappa shape index (κ3) is 1.81. The Morgan fingerprint density at radius 2 is 2.20 bits per heavy atom. The Labute approximate surface area is 110 Å². The van der Waals surface area contributed by atoms with Gasteiger partial charge < -0.3 is 4.98 Å². The van der Waals surface area contributed by atoms with Gasteiger partial charge in [-0.15, -0.1) is 4.91 Å². The summed E-state index contributed by atoms with van der Waals surface area (Å²) in [5.74, 6) is -1.02. The van der Waals surface area contributed by atoms with Crippen LogP contribution in [0.3, 0.4) is 0 Å². The molecule has 20 heavy (non-hydrogen) atoms. The van der Waals surface area contributed by atoms with E-state index in [0.29, 0.717) is 11.3 Å². The summed E-state index contributed by atoms with van der Waals surface area (Å²) in [4.78, 5) is 36.0. The third-order valence-electron chi connectivity index (χ3n) is 2.79. The Hall–Kier alpha value is -3.10. The number of carbonyl (C=O) groups is 1. The van der Waals surface area contributed by atoms with E-state index in [1.807, 2.05) is 0 Å². The van der Waals surface area contributed by atoms with Crippen LogP contribution in [0, 0.1) is 4.91 Å². The van der Waals surface area contributed by atoms with Crippen LogP contribution in [0.1, 0.15) is 10.5 Å². The van der Waals surface area contributed by atoms with Crippen molar-refractivity contribution in [2.24, 2.45) is 12.2 Å². The first-order valence-electron chi connectivity index (χ1n) is 5.58. The van der Waals surface area contributed by atoms with Crippen molar-refractivity contribution in [3.8, 4) is 11.3 Å². The summed E-state index contributed by atoms with van der Waals surface area (Å²) >= 11 is 0. The van der Waals surface area contributed by atoms with Gasteiger partial charge in [0.15, 0.2) is 5.69 Å². The molecule has 0 fully saturated rings. The van der Waals surface area contributed by atoms with Crippen LogP contribution in [-0.2, 0) is 7.05 Å². The van der Waals surface area contributed by atoms with Gasteiger partial charge in [-0.3, -0.25) is 14.3 Å². The molecule has 0 radical (unpaired) electrons. The number of aryl methyl sites for hydroxylation is 1. The molecule has 3 rings (SSSR count). The molecule has 0 saturated heterocycles. The minimum Gasteiger partial charge on any atom is -0.319 e. The molecule has 0 unspecified atom stereocenters. The first kappa shape index (κ1) is 12.0. The Morgan fingerprint density at radius 3 is 2.85 bits per heavy atom. The summed E-state index contributed by atoms with van der Waals surface area (Å²) in [5, 5.41) is 10.1. The zero-order valence-electron chi connectivity index (χ0n) is 10.3. The number of rotatable bonds is 2. The predicted octanol–water partition coefficient (Wildman–Crippen LogP) is 0.330. The predicted molar refractivity (Wildman–Crippen MR) is 68.1 cm³/mol. The number of H-pyrrole nitrogens is 1. The van der Waals surface area contributed by atoms with Crippen LogP contribution in [0.2, 0.25) is 0 Å². The number of carbonyl (C=O) groups excluding carboxylic acids is 1. The summed E-state index contributed by atoms with van der Waals surface area (Å²) in [6.45, 7) is 0. The fourth-order valence-corrected chi connectivity index (χ4v) is 1.86. The quantitative estimate of drug-likeness (QED) is 0.675. The van der Waals surface area contributed by atoms with Crippen molar-refractivity contribution in [3.63, 3.8) is 0 Å². The lowest BCUT2D eigenvalue weighted by Gasteiger charge is -1.98. The van der Waals surface area contributed by atoms with Gasteiger partial charge >= 0.3 is 5.91 Å². The van der Waals surface area contributed by atoms with Gasteiger partial charge in [0.2, 0.25) is 0 Å². The van der Waals surface area contributed by atoms with Gasteiger partial charge in [0.25, 0.3) is 5.56 Å². The highest BCUT2D eigenvalue weighted by Gasteiger charge is 2.14. The number of aromatic nitrogens is 5. The van der Waals surface area contributed by atoms with Crippen LogP contribution in [-0.4, -0.2) is 30.3 Å². The van der Waals surface area contributed by atoms with E-state index in [1.165, 1.54) is 16.8 Å². The molecule has 0 aliphatic heterocycles. The summed E-state index contributed by atoms with van der Waals surface area (Å²) in [7, 11) is 1.75. The molecule has 3 heterocycles. The topological polar surface area (TPSA) is 114 Å². The number of aromatic amines is 1. The van der Waals surface area contributed by atoms with Crippen LogP contribution in [0.25, 0.3) is 16.8 Å². The van der Waals surface area contributed by atoms with E-state index >= 15 is 0 Å². The maximum absolute atomic E-state index is 11.9. The van der Waals surface area contributed by atoms with Crippen LogP contribution in [0.5, 0.6) is 0 Å². The molecule has 1 N–H and O–H groups in total. The van der Waals surface area contributed by atoms with Crippen LogP contribution in [0.4, 0.5) is 0 Å². The summed E-state index contributed by atoms with van der Waals surface area (Å²) in [5.41, 5.74) is 0.752. The monoisotopic (exact) mass is 272 g/mol. The number of amides is 1. The van der Waals surface area contributed by atoms with Gasteiger partial charge in [-0.1, -0.05) is 0 Å². The lowest BCUT2D eigenvalue weighted by atomic mass is 10.3. The number of nitrogens with one attached hydrogen (secondary N) is 1. The average molecular weight is 272 g/mol. The Bertz CT molecular complexity index is 887. The molecule has 1 amide bonds. The highest BCUT2D eigenvalue weighted by Crippen LogP contribution is 2.14. The first-order chi connectivity index (χ1) is 9.58. The molecule has 0 aliphatic carbocycles. The molecule has 0 aromatic carbocycles. The van der Waals surface area contributed by atoms with E-state index in [2.05, 4.69) is 20.4 Å². The Balaban J connectivity index is 2.21. The largest absolute Gasteiger partial charge is 0.336 e. The smallest absolute Gasteiger partial charge is 0.319 e. The fourth-order valence-electron chi connectivity index (χ4n) is 1.86. The van der Waals surface area contributed by atoms with Crippen molar-refractivity contribution in [1.82, 2.24) is 24.4 Å². The van der Waals surface area contributed by atoms with E-state index in [1.54, 1.807) is 24.1 Å². The van der Waals surface area contributed by atoms with Crippen molar-refractivity contribution < 1.29 is 4.79 Å². The second-order valence-electron chi connectivity index (χ2n) is 4.16. The zero-order valence-corrected chi connectivity index (χ0v) is 10.3. The number of nitroso groups, excluding NO2 is 1. The lowest BCUT2D eigenvalue weighted by molar-refractivity contribution is 0.0996. The molecule has 0 saturated carbocycles. The van der Waals surface area contributed by atoms with E-state index in [9.17, 15) is 14.5 Å². The van der Waals surface area contributed by atoms with Gasteiger partial charge in [0.1, 0.15) is 5.52 Å². The maximum Gasteiger partial charge on any atom is 0.336 e. The van der Waals surface area contributed by atoms with E-state index < -0.39 is 11.5 Å².